The summed E-state index contributed by atoms with van der Waals surface area (Å²) in [6.45, 7) is 0.416. The van der Waals surface area contributed by atoms with Crippen molar-refractivity contribution in [2.75, 3.05) is 0 Å². The van der Waals surface area contributed by atoms with Crippen molar-refractivity contribution in [2.45, 2.75) is 6.54 Å². The molecular weight excluding hydrogens is 290 g/mol. The topological polar surface area (TPSA) is 74.8 Å². The van der Waals surface area contributed by atoms with Gasteiger partial charge < -0.3 is 10.3 Å². The van der Waals surface area contributed by atoms with Crippen LogP contribution >= 0.6 is 0 Å². The van der Waals surface area contributed by atoms with Gasteiger partial charge in [0.2, 0.25) is 5.91 Å². The summed E-state index contributed by atoms with van der Waals surface area (Å²) in [6.07, 6.45) is 6.23. The van der Waals surface area contributed by atoms with Crippen LogP contribution in [0.15, 0.2) is 65.7 Å². The average molecular weight is 305 g/mol. The molecule has 0 bridgehead atoms. The largest absolute Gasteiger partial charge is 0.348 e. The van der Waals surface area contributed by atoms with E-state index in [2.05, 4.69) is 15.3 Å². The number of hydrogen-bond donors (Lipinski definition) is 2. The van der Waals surface area contributed by atoms with Gasteiger partial charge in [0.25, 0.3) is 5.56 Å². The smallest absolute Gasteiger partial charge is 0.255 e. The van der Waals surface area contributed by atoms with Crippen LogP contribution in [-0.2, 0) is 11.3 Å². The Kier molecular flexibility index (Phi) is 4.29. The molecule has 23 heavy (non-hydrogen) atoms. The van der Waals surface area contributed by atoms with E-state index >= 15 is 0 Å². The van der Waals surface area contributed by atoms with Gasteiger partial charge in [0, 0.05) is 36.1 Å². The van der Waals surface area contributed by atoms with Gasteiger partial charge in [-0.2, -0.15) is 0 Å². The molecule has 0 aliphatic heterocycles. The SMILES string of the molecule is O=C(/C=C/c1cc2ccccc2[nH]c1=O)NCc1ccncc1. The second-order valence-electron chi connectivity index (χ2n) is 5.05. The molecule has 0 radical (unpaired) electrons. The van der Waals surface area contributed by atoms with Crippen molar-refractivity contribution in [1.29, 1.82) is 0 Å². The number of pyridine rings is 2. The highest BCUT2D eigenvalue weighted by Gasteiger charge is 2.01. The van der Waals surface area contributed by atoms with Crippen molar-refractivity contribution in [2.24, 2.45) is 0 Å². The Hall–Kier alpha value is -3.21. The van der Waals surface area contributed by atoms with Crippen LogP contribution in [0.3, 0.4) is 0 Å². The normalized spacial score (nSPS) is 11.0. The number of benzene rings is 1. The zero-order chi connectivity index (χ0) is 16.1. The van der Waals surface area contributed by atoms with Gasteiger partial charge in [-0.15, -0.1) is 0 Å². The minimum Gasteiger partial charge on any atom is -0.348 e. The van der Waals surface area contributed by atoms with Crippen LogP contribution in [0.5, 0.6) is 0 Å². The maximum atomic E-state index is 12.0. The third-order valence-electron chi connectivity index (χ3n) is 3.41. The number of aromatic amines is 1. The number of hydrogen-bond acceptors (Lipinski definition) is 3. The van der Waals surface area contributed by atoms with Crippen molar-refractivity contribution in [3.63, 3.8) is 0 Å². The summed E-state index contributed by atoms with van der Waals surface area (Å²) in [4.78, 5) is 30.5. The molecular formula is C18H15N3O2. The Balaban J connectivity index is 1.71. The first kappa shape index (κ1) is 14.7. The standard InChI is InChI=1S/C18H15N3O2/c22-17(20-12-13-7-9-19-10-8-13)6-5-15-11-14-3-1-2-4-16(14)21-18(15)23/h1-11H,12H2,(H,20,22)(H,21,23)/b6-5+. The lowest BCUT2D eigenvalue weighted by molar-refractivity contribution is -0.116. The lowest BCUT2D eigenvalue weighted by Crippen LogP contribution is -2.20. The Morgan fingerprint density at radius 2 is 1.96 bits per heavy atom. The van der Waals surface area contributed by atoms with Crippen molar-refractivity contribution >= 4 is 22.9 Å². The van der Waals surface area contributed by atoms with Crippen LogP contribution in [0.4, 0.5) is 0 Å². The highest BCUT2D eigenvalue weighted by Crippen LogP contribution is 2.10. The molecule has 5 nitrogen and oxygen atoms in total. The summed E-state index contributed by atoms with van der Waals surface area (Å²) in [5.74, 6) is -0.255. The van der Waals surface area contributed by atoms with E-state index in [-0.39, 0.29) is 11.5 Å². The van der Waals surface area contributed by atoms with Gasteiger partial charge in [-0.25, -0.2) is 0 Å². The van der Waals surface area contributed by atoms with Gasteiger partial charge >= 0.3 is 0 Å². The monoisotopic (exact) mass is 305 g/mol. The molecule has 1 amide bonds. The number of rotatable bonds is 4. The Bertz CT molecular complexity index is 914. The fourth-order valence-electron chi connectivity index (χ4n) is 2.20. The van der Waals surface area contributed by atoms with E-state index in [1.54, 1.807) is 18.5 Å². The van der Waals surface area contributed by atoms with E-state index in [1.165, 1.54) is 12.2 Å². The molecule has 0 fully saturated rings. The minimum atomic E-state index is -0.255. The van der Waals surface area contributed by atoms with Crippen LogP contribution in [0, 0.1) is 0 Å². The van der Waals surface area contributed by atoms with Crippen LogP contribution in [0.2, 0.25) is 0 Å². The van der Waals surface area contributed by atoms with Crippen molar-refractivity contribution in [3.05, 3.63) is 82.4 Å². The number of nitrogens with one attached hydrogen (secondary N) is 2. The van der Waals surface area contributed by atoms with E-state index < -0.39 is 0 Å². The number of nitrogens with zero attached hydrogens (tertiary/aromatic N) is 1. The highest BCUT2D eigenvalue weighted by molar-refractivity contribution is 5.92. The number of carbonyl (C=O) groups excluding carboxylic acids is 1. The summed E-state index contributed by atoms with van der Waals surface area (Å²) in [5.41, 5.74) is 1.96. The van der Waals surface area contributed by atoms with Crippen LogP contribution in [0.25, 0.3) is 17.0 Å². The van der Waals surface area contributed by atoms with Gasteiger partial charge in [-0.05, 0) is 41.3 Å². The van der Waals surface area contributed by atoms with Crippen molar-refractivity contribution < 1.29 is 4.79 Å². The molecule has 5 heteroatoms. The molecule has 3 rings (SSSR count). The Morgan fingerprint density at radius 3 is 2.78 bits per heavy atom. The predicted molar refractivity (Wildman–Crippen MR) is 89.7 cm³/mol. The Morgan fingerprint density at radius 1 is 1.17 bits per heavy atom. The number of H-pyrrole nitrogens is 1. The second kappa shape index (κ2) is 6.70. The maximum absolute atomic E-state index is 12.0. The van der Waals surface area contributed by atoms with E-state index in [1.807, 2.05) is 36.4 Å². The quantitative estimate of drug-likeness (QED) is 0.726. The zero-order valence-corrected chi connectivity index (χ0v) is 12.3. The summed E-state index contributed by atoms with van der Waals surface area (Å²) < 4.78 is 0. The first-order valence-electron chi connectivity index (χ1n) is 7.19. The summed E-state index contributed by atoms with van der Waals surface area (Å²) in [5, 5.41) is 3.68. The fourth-order valence-corrected chi connectivity index (χ4v) is 2.20. The molecule has 2 N–H and O–H groups in total. The first-order valence-corrected chi connectivity index (χ1v) is 7.19. The predicted octanol–water partition coefficient (Wildman–Crippen LogP) is 2.25. The third-order valence-corrected chi connectivity index (χ3v) is 3.41. The molecule has 0 aliphatic carbocycles. The van der Waals surface area contributed by atoms with Gasteiger partial charge in [0.1, 0.15) is 0 Å². The Labute approximate surface area is 132 Å². The molecule has 0 aliphatic rings. The van der Waals surface area contributed by atoms with Crippen LogP contribution in [-0.4, -0.2) is 15.9 Å². The molecule has 0 saturated carbocycles. The summed E-state index contributed by atoms with van der Waals surface area (Å²) in [6, 6.07) is 12.9. The number of aromatic nitrogens is 2. The van der Waals surface area contributed by atoms with E-state index in [9.17, 15) is 9.59 Å². The summed E-state index contributed by atoms with van der Waals surface area (Å²) in [7, 11) is 0. The fraction of sp³-hybridized carbons (Fsp3) is 0.0556. The van der Waals surface area contributed by atoms with Gasteiger partial charge in [-0.1, -0.05) is 18.2 Å². The van der Waals surface area contributed by atoms with E-state index in [0.717, 1.165) is 16.5 Å². The zero-order valence-electron chi connectivity index (χ0n) is 12.3. The minimum absolute atomic E-state index is 0.220. The van der Waals surface area contributed by atoms with Crippen molar-refractivity contribution in [1.82, 2.24) is 15.3 Å². The molecule has 3 aromatic rings. The average Bonchev–Trinajstić information content (AvgIpc) is 2.59. The lowest BCUT2D eigenvalue weighted by Gasteiger charge is -2.02. The van der Waals surface area contributed by atoms with E-state index in [4.69, 9.17) is 0 Å². The number of amides is 1. The molecule has 2 heterocycles. The maximum Gasteiger partial charge on any atom is 0.255 e. The molecule has 0 spiro atoms. The van der Waals surface area contributed by atoms with Crippen molar-refractivity contribution in [3.8, 4) is 0 Å². The second-order valence-corrected chi connectivity index (χ2v) is 5.05. The molecule has 114 valence electrons. The number of fused-ring (bicyclic) bond motifs is 1. The number of para-hydroxylation sites is 1. The lowest BCUT2D eigenvalue weighted by atomic mass is 10.1. The van der Waals surface area contributed by atoms with Gasteiger partial charge in [0.05, 0.1) is 0 Å². The van der Waals surface area contributed by atoms with Crippen LogP contribution in [0.1, 0.15) is 11.1 Å². The molecule has 0 saturated heterocycles. The number of carbonyl (C=O) groups is 1. The molecule has 0 unspecified atom stereocenters. The van der Waals surface area contributed by atoms with E-state index in [0.29, 0.717) is 12.1 Å². The van der Waals surface area contributed by atoms with Gasteiger partial charge in [0.15, 0.2) is 0 Å². The summed E-state index contributed by atoms with van der Waals surface area (Å²) >= 11 is 0. The van der Waals surface area contributed by atoms with Crippen LogP contribution < -0.4 is 10.9 Å². The molecule has 2 aromatic heterocycles. The molecule has 0 atom stereocenters. The highest BCUT2D eigenvalue weighted by atomic mass is 16.1. The van der Waals surface area contributed by atoms with Gasteiger partial charge in [-0.3, -0.25) is 14.6 Å². The third kappa shape index (κ3) is 3.71. The first-order chi connectivity index (χ1) is 11.2. The molecule has 1 aromatic carbocycles.